The molecular weight excluding hydrogens is 406 g/mol. The van der Waals surface area contributed by atoms with Gasteiger partial charge in [0.15, 0.2) is 0 Å². The van der Waals surface area contributed by atoms with Crippen molar-refractivity contribution in [1.82, 2.24) is 19.7 Å². The average molecular weight is 429 g/mol. The number of hydrogen-bond donors (Lipinski definition) is 2. The van der Waals surface area contributed by atoms with Crippen molar-refractivity contribution in [2.75, 3.05) is 5.75 Å². The van der Waals surface area contributed by atoms with Crippen molar-refractivity contribution in [3.05, 3.63) is 66.6 Å². The molecule has 4 aromatic rings. The highest BCUT2D eigenvalue weighted by Gasteiger charge is 2.39. The third kappa shape index (κ3) is 3.15. The molecule has 2 atom stereocenters. The fourth-order valence-electron chi connectivity index (χ4n) is 4.60. The summed E-state index contributed by atoms with van der Waals surface area (Å²) in [6.07, 6.45) is 6.23. The summed E-state index contributed by atoms with van der Waals surface area (Å²) in [6, 6.07) is 9.19. The van der Waals surface area contributed by atoms with Crippen LogP contribution in [0.1, 0.15) is 13.3 Å². The van der Waals surface area contributed by atoms with Crippen molar-refractivity contribution in [2.24, 2.45) is 5.92 Å². The summed E-state index contributed by atoms with van der Waals surface area (Å²) < 4.78 is 43.8. The molecule has 1 aromatic carbocycles. The fourth-order valence-corrected chi connectivity index (χ4v) is 8.08. The zero-order valence-corrected chi connectivity index (χ0v) is 17.3. The second kappa shape index (κ2) is 7.12. The van der Waals surface area contributed by atoms with E-state index < -0.39 is 21.6 Å². The van der Waals surface area contributed by atoms with Gasteiger partial charge in [0, 0.05) is 35.5 Å². The van der Waals surface area contributed by atoms with Crippen molar-refractivity contribution in [3.63, 3.8) is 0 Å². The van der Waals surface area contributed by atoms with Crippen LogP contribution in [0.25, 0.3) is 22.3 Å². The van der Waals surface area contributed by atoms with E-state index in [0.717, 1.165) is 40.5 Å². The van der Waals surface area contributed by atoms with Gasteiger partial charge in [0.2, 0.25) is 0 Å². The zero-order chi connectivity index (χ0) is 20.9. The number of nitrogens with one attached hydrogen (secondary N) is 1. The molecule has 8 heteroatoms. The van der Waals surface area contributed by atoms with Crippen LogP contribution in [-0.4, -0.2) is 35.0 Å². The Kier molecular flexibility index (Phi) is 4.54. The van der Waals surface area contributed by atoms with E-state index in [0.29, 0.717) is 18.7 Å². The quantitative estimate of drug-likeness (QED) is 0.479. The van der Waals surface area contributed by atoms with Gasteiger partial charge in [-0.15, -0.1) is 0 Å². The number of nitrogens with zero attached hydrogens (tertiary/aromatic N) is 3. The second-order valence-corrected chi connectivity index (χ2v) is 11.4. The van der Waals surface area contributed by atoms with E-state index in [4.69, 9.17) is 4.98 Å². The minimum absolute atomic E-state index is 0.0567. The standard InChI is InChI=1S/C22H22F2N4OS/c1-14-8-15(13-30(14,29)22-9-17(23)2-3-18(22)24)12-28-7-6-20-21(28)5-4-19(27-20)16-10-25-26-11-16/h2-7,9-11,14-15,30H,8,12-13H2,1H3,(H,25,26)/t14-,15-/m1/s1. The summed E-state index contributed by atoms with van der Waals surface area (Å²) in [4.78, 5) is 4.76. The van der Waals surface area contributed by atoms with E-state index >= 15 is 0 Å². The predicted octanol–water partition coefficient (Wildman–Crippen LogP) is 4.19. The first-order valence-corrected chi connectivity index (χ1v) is 11.9. The highest BCUT2D eigenvalue weighted by Crippen LogP contribution is 2.39. The van der Waals surface area contributed by atoms with Crippen LogP contribution in [0.3, 0.4) is 0 Å². The van der Waals surface area contributed by atoms with Crippen LogP contribution >= 0.6 is 0 Å². The molecule has 1 saturated heterocycles. The van der Waals surface area contributed by atoms with Gasteiger partial charge in [0.05, 0.1) is 27.8 Å². The lowest BCUT2D eigenvalue weighted by Gasteiger charge is -2.24. The van der Waals surface area contributed by atoms with E-state index in [9.17, 15) is 13.0 Å². The molecule has 1 N–H and O–H groups in total. The molecular formula is C22H22F2N4OS. The first kappa shape index (κ1) is 19.1. The van der Waals surface area contributed by atoms with Crippen LogP contribution in [-0.2, 0) is 16.5 Å². The van der Waals surface area contributed by atoms with Crippen LogP contribution in [0, 0.1) is 17.6 Å². The average Bonchev–Trinajstić information content (AvgIpc) is 3.45. The Morgan fingerprint density at radius 2 is 2.10 bits per heavy atom. The lowest BCUT2D eigenvalue weighted by atomic mass is 10.1. The largest absolute Gasteiger partial charge is 0.346 e. The fraction of sp³-hybridized carbons (Fsp3) is 0.273. The maximum absolute atomic E-state index is 14.3. The zero-order valence-electron chi connectivity index (χ0n) is 16.4. The summed E-state index contributed by atoms with van der Waals surface area (Å²) in [5, 5.41) is 6.58. The molecule has 5 nitrogen and oxygen atoms in total. The molecule has 0 bridgehead atoms. The van der Waals surface area contributed by atoms with Gasteiger partial charge in [0.25, 0.3) is 0 Å². The topological polar surface area (TPSA) is 63.6 Å². The van der Waals surface area contributed by atoms with E-state index in [-0.39, 0.29) is 16.1 Å². The van der Waals surface area contributed by atoms with E-state index in [1.165, 1.54) is 0 Å². The molecule has 1 aliphatic heterocycles. The van der Waals surface area contributed by atoms with Gasteiger partial charge < -0.3 is 4.57 Å². The van der Waals surface area contributed by atoms with Crippen LogP contribution in [0.4, 0.5) is 8.78 Å². The normalized spacial score (nSPS) is 21.8. The predicted molar refractivity (Wildman–Crippen MR) is 114 cm³/mol. The molecule has 1 aliphatic rings. The molecule has 0 spiro atoms. The Morgan fingerprint density at radius 1 is 1.23 bits per heavy atom. The van der Waals surface area contributed by atoms with Crippen molar-refractivity contribution in [2.45, 2.75) is 30.0 Å². The summed E-state index contributed by atoms with van der Waals surface area (Å²) >= 11 is 0. The highest BCUT2D eigenvalue weighted by molar-refractivity contribution is 8.03. The molecule has 0 saturated carbocycles. The molecule has 0 unspecified atom stereocenters. The molecule has 0 aliphatic carbocycles. The van der Waals surface area contributed by atoms with Gasteiger partial charge in [-0.2, -0.15) is 5.10 Å². The first-order valence-electron chi connectivity index (χ1n) is 9.93. The number of hydrogen-bond acceptors (Lipinski definition) is 3. The maximum atomic E-state index is 14.3. The maximum Gasteiger partial charge on any atom is 0.137 e. The SMILES string of the molecule is C[C@@H]1C[C@H](Cn2ccc3nc(-c4cn[nH]c4)ccc32)C[SH]1(=O)c1cc(F)ccc1F. The summed E-state index contributed by atoms with van der Waals surface area (Å²) in [7, 11) is -3.01. The first-order chi connectivity index (χ1) is 14.4. The van der Waals surface area contributed by atoms with E-state index in [2.05, 4.69) is 14.8 Å². The lowest BCUT2D eigenvalue weighted by molar-refractivity contribution is 0.484. The Morgan fingerprint density at radius 3 is 2.90 bits per heavy atom. The number of aromatic amines is 1. The van der Waals surface area contributed by atoms with Crippen molar-refractivity contribution >= 4 is 21.0 Å². The molecule has 30 heavy (non-hydrogen) atoms. The number of rotatable bonds is 4. The Balaban J connectivity index is 1.41. The van der Waals surface area contributed by atoms with Crippen LogP contribution < -0.4 is 0 Å². The third-order valence-electron chi connectivity index (χ3n) is 6.10. The van der Waals surface area contributed by atoms with E-state index in [1.807, 2.05) is 31.3 Å². The molecule has 0 radical (unpaired) electrons. The molecule has 156 valence electrons. The number of halogens is 2. The summed E-state index contributed by atoms with van der Waals surface area (Å²) in [5.74, 6) is -0.616. The molecule has 5 rings (SSSR count). The number of fused-ring (bicyclic) bond motifs is 1. The molecule has 1 fully saturated rings. The third-order valence-corrected chi connectivity index (χ3v) is 9.96. The van der Waals surface area contributed by atoms with Gasteiger partial charge in [0.1, 0.15) is 11.6 Å². The van der Waals surface area contributed by atoms with Gasteiger partial charge in [-0.25, -0.2) is 13.8 Å². The highest BCUT2D eigenvalue weighted by atomic mass is 32.2. The number of H-pyrrole nitrogens is 1. The molecule has 4 heterocycles. The van der Waals surface area contributed by atoms with Gasteiger partial charge in [-0.3, -0.25) is 9.31 Å². The number of pyridine rings is 1. The van der Waals surface area contributed by atoms with Crippen LogP contribution in [0.15, 0.2) is 59.9 Å². The van der Waals surface area contributed by atoms with Crippen LogP contribution in [0.5, 0.6) is 0 Å². The Bertz CT molecular complexity index is 1270. The summed E-state index contributed by atoms with van der Waals surface area (Å²) in [6.45, 7) is 2.55. The number of thiol groups is 1. The molecule has 0 amide bonds. The van der Waals surface area contributed by atoms with Crippen molar-refractivity contribution in [3.8, 4) is 11.3 Å². The van der Waals surface area contributed by atoms with Gasteiger partial charge in [-0.05, 0) is 48.7 Å². The molecule has 3 aromatic heterocycles. The second-order valence-electron chi connectivity index (χ2n) is 8.08. The van der Waals surface area contributed by atoms with Crippen molar-refractivity contribution < 1.29 is 13.0 Å². The summed E-state index contributed by atoms with van der Waals surface area (Å²) in [5.41, 5.74) is 3.63. The minimum atomic E-state index is -3.01. The number of aromatic nitrogens is 4. The lowest BCUT2D eigenvalue weighted by Crippen LogP contribution is -2.24. The van der Waals surface area contributed by atoms with Gasteiger partial charge in [-0.1, -0.05) is 16.9 Å². The minimum Gasteiger partial charge on any atom is -0.346 e. The van der Waals surface area contributed by atoms with Gasteiger partial charge >= 0.3 is 0 Å². The monoisotopic (exact) mass is 428 g/mol. The Labute approximate surface area is 173 Å². The van der Waals surface area contributed by atoms with Crippen molar-refractivity contribution in [1.29, 1.82) is 0 Å². The number of benzene rings is 1. The van der Waals surface area contributed by atoms with Crippen LogP contribution in [0.2, 0.25) is 0 Å². The Hall–Kier alpha value is -2.87. The smallest absolute Gasteiger partial charge is 0.137 e. The van der Waals surface area contributed by atoms with E-state index in [1.54, 1.807) is 12.4 Å².